The average Bonchev–Trinajstić information content (AvgIpc) is 2.37. The van der Waals surface area contributed by atoms with E-state index in [1.807, 2.05) is 6.92 Å². The van der Waals surface area contributed by atoms with Gasteiger partial charge in [-0.25, -0.2) is 4.79 Å². The first-order valence-electron chi connectivity index (χ1n) is 7.80. The molecule has 0 aromatic carbocycles. The van der Waals surface area contributed by atoms with Crippen molar-refractivity contribution < 1.29 is 19.4 Å². The van der Waals surface area contributed by atoms with Crippen molar-refractivity contribution in [2.75, 3.05) is 6.54 Å². The highest BCUT2D eigenvalue weighted by Crippen LogP contribution is 2.33. The van der Waals surface area contributed by atoms with Gasteiger partial charge in [-0.2, -0.15) is 0 Å². The van der Waals surface area contributed by atoms with Crippen LogP contribution in [0.1, 0.15) is 67.2 Å². The highest BCUT2D eigenvalue weighted by molar-refractivity contribution is 5.76. The number of aliphatic carboxylic acids is 1. The Labute approximate surface area is 128 Å². The summed E-state index contributed by atoms with van der Waals surface area (Å²) in [7, 11) is 0. The van der Waals surface area contributed by atoms with Crippen molar-refractivity contribution in [3.8, 4) is 0 Å². The van der Waals surface area contributed by atoms with Gasteiger partial charge in [0.1, 0.15) is 5.60 Å². The molecule has 0 fully saturated rings. The minimum atomic E-state index is -0.923. The molecule has 0 saturated heterocycles. The highest BCUT2D eigenvalue weighted by atomic mass is 16.6. The predicted molar refractivity (Wildman–Crippen MR) is 83.3 cm³/mol. The lowest BCUT2D eigenvalue weighted by molar-refractivity contribution is -0.150. The largest absolute Gasteiger partial charge is 0.481 e. The summed E-state index contributed by atoms with van der Waals surface area (Å²) in [6, 6.07) is 0. The van der Waals surface area contributed by atoms with E-state index in [9.17, 15) is 14.7 Å². The third kappa shape index (κ3) is 6.82. The van der Waals surface area contributed by atoms with Gasteiger partial charge in [0.05, 0.1) is 5.41 Å². The Morgan fingerprint density at radius 2 is 1.67 bits per heavy atom. The molecule has 5 nitrogen and oxygen atoms in total. The Morgan fingerprint density at radius 3 is 2.00 bits per heavy atom. The maximum atomic E-state index is 11.7. The van der Waals surface area contributed by atoms with Crippen molar-refractivity contribution in [2.24, 2.45) is 11.3 Å². The quantitative estimate of drug-likeness (QED) is 0.714. The van der Waals surface area contributed by atoms with E-state index < -0.39 is 23.1 Å². The first-order chi connectivity index (χ1) is 9.60. The molecule has 0 saturated carbocycles. The zero-order valence-corrected chi connectivity index (χ0v) is 14.3. The SMILES string of the molecule is CCC(CC)CC(CC)(CNC(=O)OC(C)(C)C)C(=O)O. The third-order valence-electron chi connectivity index (χ3n) is 3.93. The van der Waals surface area contributed by atoms with Crippen LogP contribution >= 0.6 is 0 Å². The monoisotopic (exact) mass is 301 g/mol. The number of alkyl carbamates (subject to hydrolysis) is 1. The average molecular weight is 301 g/mol. The Bertz CT molecular complexity index is 345. The standard InChI is InChI=1S/C16H31NO4/c1-7-12(8-2)10-16(9-3,13(18)19)11-17-14(20)21-15(4,5)6/h12H,7-11H2,1-6H3,(H,17,20)(H,18,19). The molecular formula is C16H31NO4. The topological polar surface area (TPSA) is 75.6 Å². The molecule has 0 aromatic heterocycles. The second-order valence-electron chi connectivity index (χ2n) is 6.68. The molecule has 0 bridgehead atoms. The molecule has 0 heterocycles. The molecule has 0 aliphatic heterocycles. The number of rotatable bonds is 8. The van der Waals surface area contributed by atoms with Crippen LogP contribution in [0.25, 0.3) is 0 Å². The maximum absolute atomic E-state index is 11.7. The van der Waals surface area contributed by atoms with E-state index in [1.54, 1.807) is 20.8 Å². The lowest BCUT2D eigenvalue weighted by Crippen LogP contribution is -2.45. The molecule has 124 valence electrons. The summed E-state index contributed by atoms with van der Waals surface area (Å²) in [5.41, 5.74) is -1.51. The molecule has 0 rings (SSSR count). The zero-order valence-electron chi connectivity index (χ0n) is 14.3. The van der Waals surface area contributed by atoms with Gasteiger partial charge in [-0.05, 0) is 39.5 Å². The van der Waals surface area contributed by atoms with E-state index in [0.717, 1.165) is 12.8 Å². The summed E-state index contributed by atoms with van der Waals surface area (Å²) in [4.78, 5) is 23.5. The number of carbonyl (C=O) groups excluding carboxylic acids is 1. The van der Waals surface area contributed by atoms with E-state index in [2.05, 4.69) is 19.2 Å². The molecule has 2 N–H and O–H groups in total. The van der Waals surface area contributed by atoms with Gasteiger partial charge in [0.2, 0.25) is 0 Å². The molecule has 0 spiro atoms. The van der Waals surface area contributed by atoms with Gasteiger partial charge in [-0.1, -0.05) is 33.6 Å². The number of carbonyl (C=O) groups is 2. The maximum Gasteiger partial charge on any atom is 0.407 e. The second-order valence-corrected chi connectivity index (χ2v) is 6.68. The van der Waals surface area contributed by atoms with Gasteiger partial charge < -0.3 is 15.2 Å². The Balaban J connectivity index is 4.85. The van der Waals surface area contributed by atoms with Crippen LogP contribution in [0.5, 0.6) is 0 Å². The number of carboxylic acid groups (broad SMARTS) is 1. The molecule has 0 aliphatic carbocycles. The molecule has 0 aromatic rings. The van der Waals surface area contributed by atoms with Gasteiger partial charge in [-0.15, -0.1) is 0 Å². The van der Waals surface area contributed by atoms with Crippen LogP contribution in [0.3, 0.4) is 0 Å². The molecule has 21 heavy (non-hydrogen) atoms. The van der Waals surface area contributed by atoms with Crippen molar-refractivity contribution in [2.45, 2.75) is 72.8 Å². The molecule has 0 radical (unpaired) electrons. The van der Waals surface area contributed by atoms with Gasteiger partial charge in [-0.3, -0.25) is 4.79 Å². The van der Waals surface area contributed by atoms with Crippen LogP contribution in [-0.4, -0.2) is 29.3 Å². The van der Waals surface area contributed by atoms with E-state index >= 15 is 0 Å². The molecular weight excluding hydrogens is 270 g/mol. The molecule has 5 heteroatoms. The van der Waals surface area contributed by atoms with Crippen molar-refractivity contribution in [3.63, 3.8) is 0 Å². The first kappa shape index (κ1) is 19.7. The fourth-order valence-corrected chi connectivity index (χ4v) is 2.34. The summed E-state index contributed by atoms with van der Waals surface area (Å²) < 4.78 is 5.17. The van der Waals surface area contributed by atoms with E-state index in [1.165, 1.54) is 0 Å². The minimum Gasteiger partial charge on any atom is -0.481 e. The molecule has 0 aliphatic rings. The summed E-state index contributed by atoms with van der Waals surface area (Å²) in [6.07, 6.45) is 2.37. The van der Waals surface area contributed by atoms with Gasteiger partial charge in [0.25, 0.3) is 0 Å². The van der Waals surface area contributed by atoms with Crippen molar-refractivity contribution in [3.05, 3.63) is 0 Å². The normalized spacial score (nSPS) is 14.6. The number of ether oxygens (including phenoxy) is 1. The van der Waals surface area contributed by atoms with Crippen LogP contribution in [0, 0.1) is 11.3 Å². The van der Waals surface area contributed by atoms with Crippen molar-refractivity contribution in [1.82, 2.24) is 5.32 Å². The Morgan fingerprint density at radius 1 is 1.14 bits per heavy atom. The van der Waals surface area contributed by atoms with E-state index in [-0.39, 0.29) is 6.54 Å². The molecule has 1 atom stereocenters. The summed E-state index contributed by atoms with van der Waals surface area (Å²) in [5.74, 6) is -0.505. The zero-order chi connectivity index (χ0) is 16.7. The van der Waals surface area contributed by atoms with Crippen LogP contribution in [0.2, 0.25) is 0 Å². The number of nitrogens with one attached hydrogen (secondary N) is 1. The van der Waals surface area contributed by atoms with Gasteiger partial charge in [0, 0.05) is 6.54 Å². The van der Waals surface area contributed by atoms with E-state index in [0.29, 0.717) is 18.8 Å². The second kappa shape index (κ2) is 8.25. The third-order valence-corrected chi connectivity index (χ3v) is 3.93. The lowest BCUT2D eigenvalue weighted by Gasteiger charge is -2.32. The number of hydrogen-bond donors (Lipinski definition) is 2. The van der Waals surface area contributed by atoms with E-state index in [4.69, 9.17) is 4.74 Å². The van der Waals surface area contributed by atoms with Crippen molar-refractivity contribution >= 4 is 12.1 Å². The summed E-state index contributed by atoms with van der Waals surface area (Å²) >= 11 is 0. The van der Waals surface area contributed by atoms with Gasteiger partial charge in [0.15, 0.2) is 0 Å². The van der Waals surface area contributed by atoms with Crippen LogP contribution < -0.4 is 5.32 Å². The van der Waals surface area contributed by atoms with Crippen LogP contribution in [0.4, 0.5) is 4.79 Å². The summed E-state index contributed by atoms with van der Waals surface area (Å²) in [6.45, 7) is 11.4. The molecule has 1 unspecified atom stereocenters. The van der Waals surface area contributed by atoms with Crippen LogP contribution in [0.15, 0.2) is 0 Å². The predicted octanol–water partition coefficient (Wildman–Crippen LogP) is 3.82. The fourth-order valence-electron chi connectivity index (χ4n) is 2.34. The first-order valence-corrected chi connectivity index (χ1v) is 7.80. The van der Waals surface area contributed by atoms with Gasteiger partial charge >= 0.3 is 12.1 Å². The lowest BCUT2D eigenvalue weighted by atomic mass is 9.75. The summed E-state index contributed by atoms with van der Waals surface area (Å²) in [5, 5.41) is 12.2. The Hall–Kier alpha value is -1.26. The van der Waals surface area contributed by atoms with Crippen LogP contribution in [-0.2, 0) is 9.53 Å². The smallest absolute Gasteiger partial charge is 0.407 e. The number of hydrogen-bond acceptors (Lipinski definition) is 3. The highest BCUT2D eigenvalue weighted by Gasteiger charge is 2.39. The van der Waals surface area contributed by atoms with Crippen molar-refractivity contribution in [1.29, 1.82) is 0 Å². The minimum absolute atomic E-state index is 0.101. The number of carboxylic acids is 1. The number of amides is 1. The molecule has 1 amide bonds. The Kier molecular flexibility index (Phi) is 7.75. The fraction of sp³-hybridized carbons (Fsp3) is 0.875.